The molecule has 2 amide bonds. The van der Waals surface area contributed by atoms with E-state index in [9.17, 15) is 9.18 Å². The number of anilines is 1. The highest BCUT2D eigenvalue weighted by atomic mass is 32.2. The van der Waals surface area contributed by atoms with E-state index in [0.717, 1.165) is 40.3 Å². The summed E-state index contributed by atoms with van der Waals surface area (Å²) in [5.41, 5.74) is 3.10. The van der Waals surface area contributed by atoms with Gasteiger partial charge in [0.15, 0.2) is 0 Å². The van der Waals surface area contributed by atoms with Crippen molar-refractivity contribution in [2.24, 2.45) is 0 Å². The Morgan fingerprint density at radius 1 is 1.17 bits per heavy atom. The Hall–Kier alpha value is -2.01. The largest absolute Gasteiger partial charge is 0.338 e. The fourth-order valence-corrected chi connectivity index (χ4v) is 3.21. The van der Waals surface area contributed by atoms with Crippen molar-refractivity contribution in [3.63, 3.8) is 0 Å². The molecule has 0 heterocycles. The molecule has 2 aromatic carbocycles. The SMILES string of the molecule is CCc1cccc(C)c1NC(=O)NCCCSc1ccc(F)cc1. The summed E-state index contributed by atoms with van der Waals surface area (Å²) in [5.74, 6) is 0.650. The van der Waals surface area contributed by atoms with E-state index in [2.05, 4.69) is 17.6 Å². The number of amides is 2. The number of para-hydroxylation sites is 1. The third-order valence-corrected chi connectivity index (χ3v) is 4.77. The number of nitrogens with one attached hydrogen (secondary N) is 2. The molecule has 2 rings (SSSR count). The van der Waals surface area contributed by atoms with Gasteiger partial charge in [-0.15, -0.1) is 11.8 Å². The third-order valence-electron chi connectivity index (χ3n) is 3.67. The van der Waals surface area contributed by atoms with Crippen LogP contribution in [0.2, 0.25) is 0 Å². The van der Waals surface area contributed by atoms with E-state index in [1.165, 1.54) is 12.1 Å². The smallest absolute Gasteiger partial charge is 0.319 e. The summed E-state index contributed by atoms with van der Waals surface area (Å²) in [4.78, 5) is 13.1. The first-order valence-electron chi connectivity index (χ1n) is 8.12. The molecule has 0 aromatic heterocycles. The van der Waals surface area contributed by atoms with Crippen molar-refractivity contribution in [1.82, 2.24) is 5.32 Å². The van der Waals surface area contributed by atoms with Gasteiger partial charge in [0.05, 0.1) is 0 Å². The van der Waals surface area contributed by atoms with Gasteiger partial charge < -0.3 is 10.6 Å². The molecule has 128 valence electrons. The molecule has 0 aliphatic heterocycles. The number of aryl methyl sites for hydroxylation is 2. The summed E-state index contributed by atoms with van der Waals surface area (Å²) in [6, 6.07) is 12.3. The average Bonchev–Trinajstić information content (AvgIpc) is 2.58. The highest BCUT2D eigenvalue weighted by Gasteiger charge is 2.07. The minimum atomic E-state index is -0.222. The summed E-state index contributed by atoms with van der Waals surface area (Å²) in [7, 11) is 0. The number of hydrogen-bond acceptors (Lipinski definition) is 2. The maximum absolute atomic E-state index is 12.8. The molecule has 0 fully saturated rings. The molecule has 0 unspecified atom stereocenters. The zero-order valence-electron chi connectivity index (χ0n) is 14.1. The fourth-order valence-electron chi connectivity index (χ4n) is 2.35. The first-order chi connectivity index (χ1) is 11.6. The van der Waals surface area contributed by atoms with Gasteiger partial charge in [-0.3, -0.25) is 0 Å². The fraction of sp³-hybridized carbons (Fsp3) is 0.316. The van der Waals surface area contributed by atoms with Crippen LogP contribution in [-0.2, 0) is 6.42 Å². The van der Waals surface area contributed by atoms with Gasteiger partial charge >= 0.3 is 6.03 Å². The molecule has 0 atom stereocenters. The van der Waals surface area contributed by atoms with Crippen molar-refractivity contribution in [2.75, 3.05) is 17.6 Å². The molecule has 2 aromatic rings. The van der Waals surface area contributed by atoms with Crippen molar-refractivity contribution >= 4 is 23.5 Å². The van der Waals surface area contributed by atoms with Crippen LogP contribution in [0.25, 0.3) is 0 Å². The van der Waals surface area contributed by atoms with Gasteiger partial charge in [0.1, 0.15) is 5.82 Å². The Morgan fingerprint density at radius 2 is 1.92 bits per heavy atom. The van der Waals surface area contributed by atoms with E-state index in [-0.39, 0.29) is 11.8 Å². The van der Waals surface area contributed by atoms with E-state index >= 15 is 0 Å². The van der Waals surface area contributed by atoms with Crippen LogP contribution < -0.4 is 10.6 Å². The van der Waals surface area contributed by atoms with Crippen LogP contribution in [0.3, 0.4) is 0 Å². The van der Waals surface area contributed by atoms with Gasteiger partial charge in [-0.2, -0.15) is 0 Å². The molecule has 24 heavy (non-hydrogen) atoms. The van der Waals surface area contributed by atoms with E-state index in [0.29, 0.717) is 6.54 Å². The van der Waals surface area contributed by atoms with Crippen LogP contribution in [0.5, 0.6) is 0 Å². The number of halogens is 1. The lowest BCUT2D eigenvalue weighted by atomic mass is 10.1. The Balaban J connectivity index is 1.71. The third kappa shape index (κ3) is 5.57. The maximum Gasteiger partial charge on any atom is 0.319 e. The number of urea groups is 1. The predicted octanol–water partition coefficient (Wildman–Crippen LogP) is 5.00. The van der Waals surface area contributed by atoms with Crippen LogP contribution in [0.4, 0.5) is 14.9 Å². The number of benzene rings is 2. The van der Waals surface area contributed by atoms with Gasteiger partial charge in [-0.05, 0) is 60.9 Å². The van der Waals surface area contributed by atoms with Crippen LogP contribution in [-0.4, -0.2) is 18.3 Å². The number of hydrogen-bond donors (Lipinski definition) is 2. The van der Waals surface area contributed by atoms with Gasteiger partial charge in [0.25, 0.3) is 0 Å². The number of thioether (sulfide) groups is 1. The molecule has 0 spiro atoms. The second-order valence-electron chi connectivity index (χ2n) is 5.50. The normalized spacial score (nSPS) is 10.5. The van der Waals surface area contributed by atoms with Crippen molar-refractivity contribution in [1.29, 1.82) is 0 Å². The molecular formula is C19H23FN2OS. The zero-order chi connectivity index (χ0) is 17.4. The highest BCUT2D eigenvalue weighted by molar-refractivity contribution is 7.99. The molecule has 0 bridgehead atoms. The molecule has 0 aliphatic rings. The quantitative estimate of drug-likeness (QED) is 0.547. The molecule has 5 heteroatoms. The number of rotatable bonds is 7. The van der Waals surface area contributed by atoms with Gasteiger partial charge in [-0.25, -0.2) is 9.18 Å². The first kappa shape index (κ1) is 18.3. The Bertz CT molecular complexity index is 674. The molecular weight excluding hydrogens is 323 g/mol. The topological polar surface area (TPSA) is 41.1 Å². The Morgan fingerprint density at radius 3 is 2.62 bits per heavy atom. The van der Waals surface area contributed by atoms with Gasteiger partial charge in [0, 0.05) is 17.1 Å². The first-order valence-corrected chi connectivity index (χ1v) is 9.10. The van der Waals surface area contributed by atoms with E-state index < -0.39 is 0 Å². The summed E-state index contributed by atoms with van der Waals surface area (Å²) >= 11 is 1.65. The number of carbonyl (C=O) groups is 1. The van der Waals surface area contributed by atoms with Crippen molar-refractivity contribution in [2.45, 2.75) is 31.6 Å². The highest BCUT2D eigenvalue weighted by Crippen LogP contribution is 2.21. The lowest BCUT2D eigenvalue weighted by Gasteiger charge is -2.13. The number of carbonyl (C=O) groups excluding carboxylic acids is 1. The molecule has 2 N–H and O–H groups in total. The van der Waals surface area contributed by atoms with E-state index in [1.807, 2.05) is 25.1 Å². The Kier molecular flexibility index (Phi) is 7.12. The standard InChI is InChI=1S/C19H23FN2OS/c1-3-15-7-4-6-14(2)18(15)22-19(23)21-12-5-13-24-17-10-8-16(20)9-11-17/h4,6-11H,3,5,12-13H2,1-2H3,(H2,21,22,23). The summed E-state index contributed by atoms with van der Waals surface area (Å²) < 4.78 is 12.8. The zero-order valence-corrected chi connectivity index (χ0v) is 14.9. The van der Waals surface area contributed by atoms with E-state index in [4.69, 9.17) is 0 Å². The van der Waals surface area contributed by atoms with Crippen molar-refractivity contribution in [3.8, 4) is 0 Å². The molecule has 0 saturated carbocycles. The monoisotopic (exact) mass is 346 g/mol. The summed E-state index contributed by atoms with van der Waals surface area (Å²) in [6.45, 7) is 4.67. The predicted molar refractivity (Wildman–Crippen MR) is 99.3 cm³/mol. The lowest BCUT2D eigenvalue weighted by Crippen LogP contribution is -2.30. The average molecular weight is 346 g/mol. The van der Waals surface area contributed by atoms with Crippen LogP contribution in [0.1, 0.15) is 24.5 Å². The van der Waals surface area contributed by atoms with Crippen LogP contribution in [0.15, 0.2) is 47.4 Å². The molecule has 0 radical (unpaired) electrons. The minimum absolute atomic E-state index is 0.175. The second kappa shape index (κ2) is 9.33. The van der Waals surface area contributed by atoms with Gasteiger partial charge in [0.2, 0.25) is 0 Å². The van der Waals surface area contributed by atoms with Crippen LogP contribution >= 0.6 is 11.8 Å². The van der Waals surface area contributed by atoms with Gasteiger partial charge in [-0.1, -0.05) is 25.1 Å². The van der Waals surface area contributed by atoms with E-state index in [1.54, 1.807) is 23.9 Å². The summed E-state index contributed by atoms with van der Waals surface area (Å²) in [6.07, 6.45) is 1.73. The van der Waals surface area contributed by atoms with Crippen molar-refractivity contribution in [3.05, 3.63) is 59.4 Å². The molecule has 3 nitrogen and oxygen atoms in total. The second-order valence-corrected chi connectivity index (χ2v) is 6.67. The maximum atomic E-state index is 12.8. The Labute approximate surface area is 147 Å². The lowest BCUT2D eigenvalue weighted by molar-refractivity contribution is 0.252. The minimum Gasteiger partial charge on any atom is -0.338 e. The van der Waals surface area contributed by atoms with Crippen LogP contribution in [0, 0.1) is 12.7 Å². The molecule has 0 saturated heterocycles. The summed E-state index contributed by atoms with van der Waals surface area (Å²) in [5, 5.41) is 5.83. The molecule has 0 aliphatic carbocycles. The van der Waals surface area contributed by atoms with Crippen molar-refractivity contribution < 1.29 is 9.18 Å².